The van der Waals surface area contributed by atoms with Crippen LogP contribution in [0.15, 0.2) is 35.3 Å². The number of nitrogens with zero attached hydrogens (tertiary/aromatic N) is 2. The van der Waals surface area contributed by atoms with Gasteiger partial charge >= 0.3 is 0 Å². The van der Waals surface area contributed by atoms with Crippen molar-refractivity contribution in [2.75, 3.05) is 20.8 Å². The van der Waals surface area contributed by atoms with Crippen LogP contribution in [0.4, 0.5) is 0 Å². The lowest BCUT2D eigenvalue weighted by Crippen LogP contribution is -2.29. The van der Waals surface area contributed by atoms with Gasteiger partial charge in [-0.1, -0.05) is 30.3 Å². The minimum atomic E-state index is 0.812. The molecule has 0 saturated carbocycles. The third kappa shape index (κ3) is 4.05. The SMILES string of the molecule is CN=CNCN(C)Cc1ccccc1. The van der Waals surface area contributed by atoms with Crippen molar-refractivity contribution < 1.29 is 0 Å². The van der Waals surface area contributed by atoms with Crippen LogP contribution in [0.5, 0.6) is 0 Å². The second-order valence-electron chi connectivity index (χ2n) is 3.25. The first-order valence-corrected chi connectivity index (χ1v) is 4.69. The summed E-state index contributed by atoms with van der Waals surface area (Å²) in [5, 5.41) is 3.09. The molecule has 0 heterocycles. The van der Waals surface area contributed by atoms with Crippen molar-refractivity contribution in [2.45, 2.75) is 6.54 Å². The van der Waals surface area contributed by atoms with Gasteiger partial charge in [-0.15, -0.1) is 0 Å². The average Bonchev–Trinajstić information content (AvgIpc) is 2.20. The van der Waals surface area contributed by atoms with Gasteiger partial charge in [-0.2, -0.15) is 0 Å². The molecule has 1 rings (SSSR count). The lowest BCUT2D eigenvalue weighted by atomic mass is 10.2. The lowest BCUT2D eigenvalue weighted by Gasteiger charge is -2.15. The van der Waals surface area contributed by atoms with Gasteiger partial charge in [-0.25, -0.2) is 0 Å². The van der Waals surface area contributed by atoms with E-state index >= 15 is 0 Å². The van der Waals surface area contributed by atoms with Crippen LogP contribution in [0.1, 0.15) is 5.56 Å². The van der Waals surface area contributed by atoms with Crippen LogP contribution in [0.2, 0.25) is 0 Å². The van der Waals surface area contributed by atoms with Crippen molar-refractivity contribution in [1.82, 2.24) is 10.2 Å². The summed E-state index contributed by atoms with van der Waals surface area (Å²) in [5.74, 6) is 0. The van der Waals surface area contributed by atoms with E-state index in [1.54, 1.807) is 13.4 Å². The standard InChI is InChI=1S/C11H17N3/c1-12-9-13-10-14(2)8-11-6-4-3-5-7-11/h3-7,9H,8,10H2,1-2H3,(H,12,13). The lowest BCUT2D eigenvalue weighted by molar-refractivity contribution is 0.322. The molecule has 0 saturated heterocycles. The Balaban J connectivity index is 2.30. The maximum Gasteiger partial charge on any atom is 0.0830 e. The molecular formula is C11H17N3. The predicted octanol–water partition coefficient (Wildman–Crippen LogP) is 1.32. The van der Waals surface area contributed by atoms with Crippen molar-refractivity contribution in [3.63, 3.8) is 0 Å². The number of aliphatic imine (C=N–C) groups is 1. The van der Waals surface area contributed by atoms with E-state index in [1.807, 2.05) is 6.07 Å². The molecule has 0 radical (unpaired) electrons. The molecule has 0 aromatic heterocycles. The number of nitrogens with one attached hydrogen (secondary N) is 1. The van der Waals surface area contributed by atoms with E-state index in [4.69, 9.17) is 0 Å². The Kier molecular flexibility index (Phi) is 4.72. The van der Waals surface area contributed by atoms with Gasteiger partial charge in [-0.05, 0) is 12.6 Å². The molecule has 0 aliphatic rings. The van der Waals surface area contributed by atoms with Crippen LogP contribution in [-0.4, -0.2) is 32.0 Å². The Hall–Kier alpha value is -1.35. The highest BCUT2D eigenvalue weighted by atomic mass is 15.2. The van der Waals surface area contributed by atoms with Gasteiger partial charge in [0.05, 0.1) is 13.0 Å². The molecule has 0 aliphatic carbocycles. The smallest absolute Gasteiger partial charge is 0.0830 e. The first-order chi connectivity index (χ1) is 6.83. The minimum absolute atomic E-state index is 0.812. The zero-order chi connectivity index (χ0) is 10.2. The molecule has 0 bridgehead atoms. The first-order valence-electron chi connectivity index (χ1n) is 4.69. The topological polar surface area (TPSA) is 27.6 Å². The van der Waals surface area contributed by atoms with E-state index in [0.29, 0.717) is 0 Å². The summed E-state index contributed by atoms with van der Waals surface area (Å²) in [6.45, 7) is 1.76. The van der Waals surface area contributed by atoms with Crippen LogP contribution in [0, 0.1) is 0 Å². The molecule has 1 aromatic carbocycles. The van der Waals surface area contributed by atoms with Crippen molar-refractivity contribution in [3.05, 3.63) is 35.9 Å². The van der Waals surface area contributed by atoms with E-state index in [2.05, 4.69) is 46.5 Å². The Morgan fingerprint density at radius 3 is 2.71 bits per heavy atom. The molecule has 0 spiro atoms. The van der Waals surface area contributed by atoms with Crippen molar-refractivity contribution in [3.8, 4) is 0 Å². The maximum atomic E-state index is 3.85. The Labute approximate surface area is 85.5 Å². The summed E-state index contributed by atoms with van der Waals surface area (Å²) >= 11 is 0. The predicted molar refractivity (Wildman–Crippen MR) is 60.3 cm³/mol. The van der Waals surface area contributed by atoms with E-state index in [9.17, 15) is 0 Å². The molecule has 76 valence electrons. The molecule has 0 aliphatic heterocycles. The number of benzene rings is 1. The highest BCUT2D eigenvalue weighted by Crippen LogP contribution is 2.00. The summed E-state index contributed by atoms with van der Waals surface area (Å²) < 4.78 is 0. The molecule has 1 aromatic rings. The van der Waals surface area contributed by atoms with Gasteiger partial charge in [0.1, 0.15) is 0 Å². The van der Waals surface area contributed by atoms with E-state index in [-0.39, 0.29) is 0 Å². The monoisotopic (exact) mass is 191 g/mol. The van der Waals surface area contributed by atoms with E-state index in [1.165, 1.54) is 5.56 Å². The first kappa shape index (κ1) is 10.7. The molecule has 0 atom stereocenters. The minimum Gasteiger partial charge on any atom is -0.364 e. The van der Waals surface area contributed by atoms with Gasteiger partial charge in [0.15, 0.2) is 0 Å². The van der Waals surface area contributed by atoms with Crippen molar-refractivity contribution in [1.29, 1.82) is 0 Å². The van der Waals surface area contributed by atoms with Crippen LogP contribution in [-0.2, 0) is 6.54 Å². The molecular weight excluding hydrogens is 174 g/mol. The van der Waals surface area contributed by atoms with Gasteiger partial charge in [0, 0.05) is 13.6 Å². The van der Waals surface area contributed by atoms with Crippen LogP contribution in [0.25, 0.3) is 0 Å². The fourth-order valence-corrected chi connectivity index (χ4v) is 1.24. The van der Waals surface area contributed by atoms with Crippen molar-refractivity contribution >= 4 is 6.34 Å². The highest BCUT2D eigenvalue weighted by molar-refractivity contribution is 5.53. The Morgan fingerprint density at radius 1 is 1.36 bits per heavy atom. The van der Waals surface area contributed by atoms with Crippen molar-refractivity contribution in [2.24, 2.45) is 4.99 Å². The van der Waals surface area contributed by atoms with E-state index < -0.39 is 0 Å². The van der Waals surface area contributed by atoms with Crippen LogP contribution < -0.4 is 5.32 Å². The molecule has 3 heteroatoms. The second kappa shape index (κ2) is 6.16. The van der Waals surface area contributed by atoms with Crippen LogP contribution in [0.3, 0.4) is 0 Å². The Morgan fingerprint density at radius 2 is 2.07 bits per heavy atom. The summed E-state index contributed by atoms with van der Waals surface area (Å²) in [4.78, 5) is 6.04. The third-order valence-electron chi connectivity index (χ3n) is 1.88. The molecule has 1 N–H and O–H groups in total. The zero-order valence-corrected chi connectivity index (χ0v) is 8.77. The zero-order valence-electron chi connectivity index (χ0n) is 8.77. The number of hydrogen-bond acceptors (Lipinski definition) is 2. The van der Waals surface area contributed by atoms with Gasteiger partial charge in [0.2, 0.25) is 0 Å². The summed E-state index contributed by atoms with van der Waals surface area (Å²) in [6, 6.07) is 10.4. The quantitative estimate of drug-likeness (QED) is 0.432. The number of rotatable bonds is 5. The fraction of sp³-hybridized carbons (Fsp3) is 0.364. The molecule has 0 fully saturated rings. The molecule has 0 unspecified atom stereocenters. The number of hydrogen-bond donors (Lipinski definition) is 1. The van der Waals surface area contributed by atoms with Crippen LogP contribution >= 0.6 is 0 Å². The normalized spacial score (nSPS) is 11.1. The molecule has 3 nitrogen and oxygen atoms in total. The summed E-state index contributed by atoms with van der Waals surface area (Å²) in [5.41, 5.74) is 1.32. The molecule has 14 heavy (non-hydrogen) atoms. The molecule has 0 amide bonds. The third-order valence-corrected chi connectivity index (χ3v) is 1.88. The largest absolute Gasteiger partial charge is 0.364 e. The van der Waals surface area contributed by atoms with Gasteiger partial charge in [0.25, 0.3) is 0 Å². The Bertz CT molecular complexity index is 269. The summed E-state index contributed by atoms with van der Waals surface area (Å²) in [6.07, 6.45) is 1.71. The van der Waals surface area contributed by atoms with Gasteiger partial charge in [-0.3, -0.25) is 9.89 Å². The maximum absolute atomic E-state index is 3.85. The average molecular weight is 191 g/mol. The fourth-order valence-electron chi connectivity index (χ4n) is 1.24. The second-order valence-corrected chi connectivity index (χ2v) is 3.25. The summed E-state index contributed by atoms with van der Waals surface area (Å²) in [7, 11) is 3.83. The van der Waals surface area contributed by atoms with Gasteiger partial charge < -0.3 is 5.32 Å². The highest BCUT2D eigenvalue weighted by Gasteiger charge is 1.96. The van der Waals surface area contributed by atoms with E-state index in [0.717, 1.165) is 13.2 Å².